The van der Waals surface area contributed by atoms with Crippen molar-refractivity contribution in [1.82, 2.24) is 4.98 Å². The number of hydrogen-bond acceptors (Lipinski definition) is 2. The van der Waals surface area contributed by atoms with Crippen LogP contribution in [0.4, 0.5) is 5.82 Å². The molecule has 1 saturated carbocycles. The van der Waals surface area contributed by atoms with Gasteiger partial charge >= 0.3 is 0 Å². The van der Waals surface area contributed by atoms with Crippen molar-refractivity contribution in [3.8, 4) is 12.3 Å². The first kappa shape index (κ1) is 9.08. The number of pyridine rings is 1. The van der Waals surface area contributed by atoms with Gasteiger partial charge in [-0.05, 0) is 18.9 Å². The molecule has 72 valence electrons. The highest BCUT2D eigenvalue weighted by atomic mass is 15.1. The maximum atomic E-state index is 5.57. The molecule has 2 rings (SSSR count). The summed E-state index contributed by atoms with van der Waals surface area (Å²) in [6.45, 7) is 0. The summed E-state index contributed by atoms with van der Waals surface area (Å²) in [7, 11) is 4.00. The Morgan fingerprint density at radius 3 is 2.71 bits per heavy atom. The molecule has 2 heteroatoms. The van der Waals surface area contributed by atoms with Crippen LogP contribution in [0.1, 0.15) is 18.4 Å². The van der Waals surface area contributed by atoms with E-state index in [0.717, 1.165) is 18.7 Å². The van der Waals surface area contributed by atoms with E-state index in [9.17, 15) is 0 Å². The third-order valence-corrected chi connectivity index (χ3v) is 2.75. The SMILES string of the molecule is C#CC1(c2cccnc2N(C)C)CC1. The van der Waals surface area contributed by atoms with Crippen molar-refractivity contribution in [2.45, 2.75) is 18.3 Å². The number of aromatic nitrogens is 1. The number of terminal acetylenes is 1. The summed E-state index contributed by atoms with van der Waals surface area (Å²) >= 11 is 0. The first-order chi connectivity index (χ1) is 6.69. The molecule has 0 unspecified atom stereocenters. The highest BCUT2D eigenvalue weighted by molar-refractivity contribution is 5.55. The summed E-state index contributed by atoms with van der Waals surface area (Å²) in [6.07, 6.45) is 9.57. The van der Waals surface area contributed by atoms with Crippen LogP contribution >= 0.6 is 0 Å². The summed E-state index contributed by atoms with van der Waals surface area (Å²) in [5.74, 6) is 3.90. The molecule has 1 aliphatic carbocycles. The van der Waals surface area contributed by atoms with Crippen molar-refractivity contribution in [2.75, 3.05) is 19.0 Å². The van der Waals surface area contributed by atoms with Gasteiger partial charge in [-0.15, -0.1) is 6.42 Å². The minimum Gasteiger partial charge on any atom is -0.362 e. The van der Waals surface area contributed by atoms with Gasteiger partial charge in [-0.2, -0.15) is 0 Å². The highest BCUT2D eigenvalue weighted by Crippen LogP contribution is 2.49. The van der Waals surface area contributed by atoms with Gasteiger partial charge in [-0.25, -0.2) is 4.98 Å². The summed E-state index contributed by atoms with van der Waals surface area (Å²) in [6, 6.07) is 4.05. The van der Waals surface area contributed by atoms with Gasteiger partial charge in [0.15, 0.2) is 0 Å². The fourth-order valence-corrected chi connectivity index (χ4v) is 1.74. The van der Waals surface area contributed by atoms with Gasteiger partial charge in [0.1, 0.15) is 5.82 Å². The second-order valence-electron chi connectivity index (χ2n) is 4.00. The van der Waals surface area contributed by atoms with Crippen LogP contribution in [0.15, 0.2) is 18.3 Å². The van der Waals surface area contributed by atoms with Gasteiger partial charge < -0.3 is 4.90 Å². The molecule has 0 spiro atoms. The van der Waals surface area contributed by atoms with E-state index in [1.807, 2.05) is 31.3 Å². The molecule has 0 aromatic carbocycles. The van der Waals surface area contributed by atoms with Gasteiger partial charge in [0.05, 0.1) is 5.41 Å². The molecule has 1 aromatic rings. The molecule has 14 heavy (non-hydrogen) atoms. The molecule has 0 radical (unpaired) electrons. The Labute approximate surface area is 85.0 Å². The summed E-state index contributed by atoms with van der Waals surface area (Å²) < 4.78 is 0. The Morgan fingerprint density at radius 2 is 2.21 bits per heavy atom. The van der Waals surface area contributed by atoms with E-state index in [-0.39, 0.29) is 5.41 Å². The lowest BCUT2D eigenvalue weighted by Crippen LogP contribution is -2.16. The average molecular weight is 186 g/mol. The average Bonchev–Trinajstić information content (AvgIpc) is 2.98. The van der Waals surface area contributed by atoms with E-state index in [1.165, 1.54) is 5.56 Å². The van der Waals surface area contributed by atoms with Gasteiger partial charge in [-0.1, -0.05) is 12.0 Å². The van der Waals surface area contributed by atoms with E-state index in [0.29, 0.717) is 0 Å². The Kier molecular flexibility index (Phi) is 1.96. The fraction of sp³-hybridized carbons (Fsp3) is 0.417. The number of rotatable bonds is 2. The Bertz CT molecular complexity index is 384. The quantitative estimate of drug-likeness (QED) is 0.655. The third-order valence-electron chi connectivity index (χ3n) is 2.75. The van der Waals surface area contributed by atoms with E-state index in [1.54, 1.807) is 0 Å². The molecular formula is C12H14N2. The molecule has 1 aromatic heterocycles. The minimum absolute atomic E-state index is 0.0200. The molecule has 1 fully saturated rings. The van der Waals surface area contributed by atoms with Gasteiger partial charge in [0.2, 0.25) is 0 Å². The molecule has 0 amide bonds. The predicted molar refractivity (Wildman–Crippen MR) is 58.3 cm³/mol. The Hall–Kier alpha value is -1.49. The van der Waals surface area contributed by atoms with Crippen LogP contribution in [-0.4, -0.2) is 19.1 Å². The van der Waals surface area contributed by atoms with Crippen molar-refractivity contribution < 1.29 is 0 Å². The standard InChI is InChI=1S/C12H14N2/c1-4-12(7-8-12)10-6-5-9-13-11(10)14(2)3/h1,5-6,9H,7-8H2,2-3H3. The van der Waals surface area contributed by atoms with Crippen LogP contribution in [0.25, 0.3) is 0 Å². The van der Waals surface area contributed by atoms with Crippen LogP contribution in [0.3, 0.4) is 0 Å². The van der Waals surface area contributed by atoms with Crippen LogP contribution in [0.5, 0.6) is 0 Å². The third kappa shape index (κ3) is 1.26. The van der Waals surface area contributed by atoms with Crippen molar-refractivity contribution >= 4 is 5.82 Å². The molecule has 1 aliphatic rings. The molecule has 0 N–H and O–H groups in total. The molecule has 0 atom stereocenters. The number of hydrogen-bond donors (Lipinski definition) is 0. The zero-order valence-corrected chi connectivity index (χ0v) is 8.62. The summed E-state index contributed by atoms with van der Waals surface area (Å²) in [5.41, 5.74) is 1.18. The summed E-state index contributed by atoms with van der Waals surface area (Å²) in [5, 5.41) is 0. The maximum Gasteiger partial charge on any atom is 0.132 e. The largest absolute Gasteiger partial charge is 0.362 e. The number of anilines is 1. The van der Waals surface area contributed by atoms with E-state index in [2.05, 4.69) is 17.0 Å². The monoisotopic (exact) mass is 186 g/mol. The van der Waals surface area contributed by atoms with E-state index >= 15 is 0 Å². The zero-order chi connectivity index (χ0) is 10.2. The predicted octanol–water partition coefficient (Wildman–Crippen LogP) is 1.81. The lowest BCUT2D eigenvalue weighted by molar-refractivity contribution is 0.896. The maximum absolute atomic E-state index is 5.57. The molecule has 0 saturated heterocycles. The highest BCUT2D eigenvalue weighted by Gasteiger charge is 2.44. The minimum atomic E-state index is -0.0200. The summed E-state index contributed by atoms with van der Waals surface area (Å²) in [4.78, 5) is 6.38. The Balaban J connectivity index is 2.48. The van der Waals surface area contributed by atoms with Gasteiger partial charge in [0.25, 0.3) is 0 Å². The smallest absolute Gasteiger partial charge is 0.132 e. The molecule has 0 bridgehead atoms. The van der Waals surface area contributed by atoms with Crippen LogP contribution < -0.4 is 4.90 Å². The molecule has 2 nitrogen and oxygen atoms in total. The van der Waals surface area contributed by atoms with Crippen molar-refractivity contribution in [2.24, 2.45) is 0 Å². The second-order valence-corrected chi connectivity index (χ2v) is 4.00. The first-order valence-electron chi connectivity index (χ1n) is 4.80. The Morgan fingerprint density at radius 1 is 1.50 bits per heavy atom. The van der Waals surface area contributed by atoms with E-state index in [4.69, 9.17) is 6.42 Å². The topological polar surface area (TPSA) is 16.1 Å². The van der Waals surface area contributed by atoms with Crippen molar-refractivity contribution in [1.29, 1.82) is 0 Å². The van der Waals surface area contributed by atoms with Gasteiger partial charge in [-0.3, -0.25) is 0 Å². The van der Waals surface area contributed by atoms with Crippen LogP contribution in [0, 0.1) is 12.3 Å². The van der Waals surface area contributed by atoms with Crippen LogP contribution in [0.2, 0.25) is 0 Å². The second kappa shape index (κ2) is 3.02. The normalized spacial score (nSPS) is 17.2. The lowest BCUT2D eigenvalue weighted by atomic mass is 9.97. The van der Waals surface area contributed by atoms with Crippen LogP contribution in [-0.2, 0) is 5.41 Å². The van der Waals surface area contributed by atoms with Crippen molar-refractivity contribution in [3.63, 3.8) is 0 Å². The lowest BCUT2D eigenvalue weighted by Gasteiger charge is -2.18. The van der Waals surface area contributed by atoms with E-state index < -0.39 is 0 Å². The zero-order valence-electron chi connectivity index (χ0n) is 8.62. The molecular weight excluding hydrogens is 172 g/mol. The number of nitrogens with zero attached hydrogens (tertiary/aromatic N) is 2. The first-order valence-corrected chi connectivity index (χ1v) is 4.80. The van der Waals surface area contributed by atoms with Gasteiger partial charge in [0, 0.05) is 25.9 Å². The molecule has 1 heterocycles. The fourth-order valence-electron chi connectivity index (χ4n) is 1.74. The molecule has 0 aliphatic heterocycles. The van der Waals surface area contributed by atoms with Crippen molar-refractivity contribution in [3.05, 3.63) is 23.9 Å².